The number of amides is 2. The minimum atomic E-state index is -2.91. The number of halogens is 2. The van der Waals surface area contributed by atoms with Crippen molar-refractivity contribution >= 4 is 29.4 Å². The average Bonchev–Trinajstić information content (AvgIpc) is 3.37. The van der Waals surface area contributed by atoms with Crippen molar-refractivity contribution in [3.8, 4) is 5.88 Å². The second kappa shape index (κ2) is 8.73. The molecule has 0 aromatic carbocycles. The van der Waals surface area contributed by atoms with Crippen LogP contribution in [-0.2, 0) is 11.3 Å². The topological polar surface area (TPSA) is 121 Å². The Labute approximate surface area is 194 Å². The molecule has 2 aromatic rings. The number of fused-ring (bicyclic) bond motifs is 1. The lowest BCUT2D eigenvalue weighted by atomic mass is 10.2. The molecular formula is C22H28F2N6O4. The molecule has 2 amide bonds. The largest absolute Gasteiger partial charge is 0.494 e. The molecule has 2 aliphatic rings. The van der Waals surface area contributed by atoms with Crippen LogP contribution in [0.15, 0.2) is 10.9 Å². The Hall–Kier alpha value is -3.44. The molecule has 0 atom stereocenters. The quantitative estimate of drug-likeness (QED) is 0.521. The van der Waals surface area contributed by atoms with Crippen LogP contribution in [0, 0.1) is 5.92 Å². The van der Waals surface area contributed by atoms with E-state index in [1.54, 1.807) is 7.05 Å². The first kappa shape index (κ1) is 23.7. The minimum Gasteiger partial charge on any atom is -0.494 e. The molecule has 10 nitrogen and oxygen atoms in total. The molecule has 3 heterocycles. The fourth-order valence-corrected chi connectivity index (χ4v) is 4.00. The first-order valence-electron chi connectivity index (χ1n) is 11.2. The van der Waals surface area contributed by atoms with Crippen LogP contribution in [0.25, 0.3) is 11.7 Å². The molecule has 1 aliphatic carbocycles. The number of hydrogen-bond acceptors (Lipinski definition) is 6. The summed E-state index contributed by atoms with van der Waals surface area (Å²) in [6.07, 6.45) is 3.76. The fraction of sp³-hybridized carbons (Fsp3) is 0.545. The fourth-order valence-electron chi connectivity index (χ4n) is 4.00. The number of carbonyl (C=O) groups excluding carboxylic acids is 2. The van der Waals surface area contributed by atoms with E-state index in [9.17, 15) is 28.3 Å². The Balaban J connectivity index is 1.82. The smallest absolute Gasteiger partial charge is 0.291 e. The van der Waals surface area contributed by atoms with E-state index in [1.165, 1.54) is 10.6 Å². The number of likely N-dealkylation sites (tertiary alicyclic amines) is 1. The van der Waals surface area contributed by atoms with Crippen molar-refractivity contribution in [3.63, 3.8) is 0 Å². The van der Waals surface area contributed by atoms with E-state index < -0.39 is 47.7 Å². The highest BCUT2D eigenvalue weighted by Crippen LogP contribution is 2.29. The van der Waals surface area contributed by atoms with Gasteiger partial charge < -0.3 is 20.6 Å². The maximum Gasteiger partial charge on any atom is 0.291 e. The zero-order valence-electron chi connectivity index (χ0n) is 19.3. The summed E-state index contributed by atoms with van der Waals surface area (Å²) in [4.78, 5) is 39.5. The number of anilines is 1. The Bertz CT molecular complexity index is 1230. The number of hydrogen-bond donors (Lipinski definition) is 3. The third-order valence-electron chi connectivity index (χ3n) is 5.84. The highest BCUT2D eigenvalue weighted by Gasteiger charge is 2.39. The molecule has 0 spiro atoms. The molecular weight excluding hydrogens is 450 g/mol. The van der Waals surface area contributed by atoms with Crippen molar-refractivity contribution in [2.45, 2.75) is 51.6 Å². The molecule has 34 heavy (non-hydrogen) atoms. The van der Waals surface area contributed by atoms with Crippen LogP contribution in [0.3, 0.4) is 0 Å². The Morgan fingerprint density at radius 1 is 1.32 bits per heavy atom. The minimum absolute atomic E-state index is 0.0199. The van der Waals surface area contributed by atoms with Crippen molar-refractivity contribution in [2.24, 2.45) is 5.92 Å². The molecule has 12 heteroatoms. The van der Waals surface area contributed by atoms with Crippen LogP contribution in [-0.4, -0.2) is 68.1 Å². The van der Waals surface area contributed by atoms with Gasteiger partial charge in [-0.1, -0.05) is 13.8 Å². The van der Waals surface area contributed by atoms with Crippen LogP contribution < -0.4 is 16.2 Å². The standard InChI is InChI=1S/C22H28F2N6O4/c1-12(2)10-29-19-14(6-7-15(31)28-9-8-22(23,24)11-28)17(25-3)27-30(19)21(34)16(20(29)33)18(32)26-13-4-5-13/h6-7,12-13,33H,4-5,8-11H2,1-3H3,(H,25,27)(H,26,32). The van der Waals surface area contributed by atoms with Crippen molar-refractivity contribution in [3.05, 3.63) is 27.6 Å². The van der Waals surface area contributed by atoms with E-state index in [0.29, 0.717) is 5.56 Å². The predicted octanol–water partition coefficient (Wildman–Crippen LogP) is 1.67. The van der Waals surface area contributed by atoms with Gasteiger partial charge in [0, 0.05) is 38.7 Å². The van der Waals surface area contributed by atoms with Gasteiger partial charge in [-0.25, -0.2) is 8.78 Å². The second-order valence-corrected chi connectivity index (χ2v) is 9.20. The summed E-state index contributed by atoms with van der Waals surface area (Å²) in [6.45, 7) is 3.35. The number of nitrogens with one attached hydrogen (secondary N) is 2. The summed E-state index contributed by atoms with van der Waals surface area (Å²) < 4.78 is 29.4. The Kier molecular flexibility index (Phi) is 6.09. The highest BCUT2D eigenvalue weighted by molar-refractivity contribution is 5.97. The second-order valence-electron chi connectivity index (χ2n) is 9.20. The van der Waals surface area contributed by atoms with Crippen LogP contribution in [0.1, 0.15) is 49.0 Å². The summed E-state index contributed by atoms with van der Waals surface area (Å²) in [5, 5.41) is 20.8. The summed E-state index contributed by atoms with van der Waals surface area (Å²) in [5.41, 5.74) is -0.716. The third kappa shape index (κ3) is 4.48. The molecule has 4 rings (SSSR count). The van der Waals surface area contributed by atoms with Crippen LogP contribution in [0.2, 0.25) is 0 Å². The summed E-state index contributed by atoms with van der Waals surface area (Å²) in [7, 11) is 1.57. The number of alkyl halides is 2. The van der Waals surface area contributed by atoms with Gasteiger partial charge in [0.05, 0.1) is 12.1 Å². The van der Waals surface area contributed by atoms with Gasteiger partial charge in [-0.05, 0) is 24.8 Å². The SMILES string of the molecule is CNc1nn2c(=O)c(C(=O)NC3CC3)c(O)n(CC(C)C)c2c1C=CC(=O)N1CCC(F)(F)C1. The van der Waals surface area contributed by atoms with Crippen LogP contribution in [0.5, 0.6) is 5.88 Å². The van der Waals surface area contributed by atoms with E-state index in [2.05, 4.69) is 15.7 Å². The molecule has 184 valence electrons. The van der Waals surface area contributed by atoms with Crippen LogP contribution >= 0.6 is 0 Å². The van der Waals surface area contributed by atoms with Gasteiger partial charge in [-0.2, -0.15) is 4.52 Å². The average molecular weight is 479 g/mol. The van der Waals surface area contributed by atoms with E-state index >= 15 is 0 Å². The molecule has 3 N–H and O–H groups in total. The van der Waals surface area contributed by atoms with Gasteiger partial charge in [0.1, 0.15) is 0 Å². The monoisotopic (exact) mass is 478 g/mol. The third-order valence-corrected chi connectivity index (χ3v) is 5.84. The van der Waals surface area contributed by atoms with Gasteiger partial charge in [0.25, 0.3) is 17.4 Å². The molecule has 2 fully saturated rings. The van der Waals surface area contributed by atoms with Gasteiger partial charge in [0.2, 0.25) is 11.8 Å². The number of rotatable bonds is 7. The van der Waals surface area contributed by atoms with Gasteiger partial charge >= 0.3 is 0 Å². The Morgan fingerprint density at radius 2 is 2.03 bits per heavy atom. The van der Waals surface area contributed by atoms with Crippen molar-refractivity contribution in [1.82, 2.24) is 24.4 Å². The number of nitrogens with zero attached hydrogens (tertiary/aromatic N) is 4. The van der Waals surface area contributed by atoms with Gasteiger partial charge in [-0.15, -0.1) is 5.10 Å². The van der Waals surface area contributed by atoms with E-state index in [-0.39, 0.29) is 36.5 Å². The maximum absolute atomic E-state index is 13.5. The lowest BCUT2D eigenvalue weighted by Gasteiger charge is -2.17. The number of aromatic nitrogens is 3. The zero-order chi connectivity index (χ0) is 24.8. The van der Waals surface area contributed by atoms with Crippen molar-refractivity contribution in [1.29, 1.82) is 0 Å². The summed E-state index contributed by atoms with van der Waals surface area (Å²) in [6, 6.07) is -0.0199. The zero-order valence-corrected chi connectivity index (χ0v) is 19.3. The first-order valence-corrected chi connectivity index (χ1v) is 11.2. The van der Waals surface area contributed by atoms with E-state index in [0.717, 1.165) is 28.3 Å². The molecule has 0 bridgehead atoms. The molecule has 0 radical (unpaired) electrons. The van der Waals surface area contributed by atoms with E-state index in [1.807, 2.05) is 13.8 Å². The molecule has 1 aliphatic heterocycles. The normalized spacial score (nSPS) is 17.8. The predicted molar refractivity (Wildman–Crippen MR) is 121 cm³/mol. The Morgan fingerprint density at radius 3 is 2.59 bits per heavy atom. The molecule has 2 aromatic heterocycles. The molecule has 0 unspecified atom stereocenters. The lowest BCUT2D eigenvalue weighted by molar-refractivity contribution is -0.126. The van der Waals surface area contributed by atoms with Gasteiger partial charge in [-0.3, -0.25) is 19.0 Å². The maximum atomic E-state index is 13.5. The van der Waals surface area contributed by atoms with Crippen LogP contribution in [0.4, 0.5) is 14.6 Å². The van der Waals surface area contributed by atoms with Crippen molar-refractivity contribution < 1.29 is 23.5 Å². The number of carbonyl (C=O) groups is 2. The van der Waals surface area contributed by atoms with Gasteiger partial charge in [0.15, 0.2) is 17.0 Å². The highest BCUT2D eigenvalue weighted by atomic mass is 19.3. The van der Waals surface area contributed by atoms with Crippen molar-refractivity contribution in [2.75, 3.05) is 25.5 Å². The first-order chi connectivity index (χ1) is 16.0. The molecule has 1 saturated heterocycles. The summed E-state index contributed by atoms with van der Waals surface area (Å²) >= 11 is 0. The number of aromatic hydroxyl groups is 1. The lowest BCUT2D eigenvalue weighted by Crippen LogP contribution is -2.34. The summed E-state index contributed by atoms with van der Waals surface area (Å²) in [5.74, 6) is -4.43. The molecule has 1 saturated carbocycles. The van der Waals surface area contributed by atoms with E-state index in [4.69, 9.17) is 0 Å².